The molecule has 0 aliphatic carbocycles. The summed E-state index contributed by atoms with van der Waals surface area (Å²) in [6, 6.07) is 20.3. The Morgan fingerprint density at radius 1 is 1.00 bits per heavy atom. The van der Waals surface area contributed by atoms with Gasteiger partial charge in [-0.2, -0.15) is 0 Å². The van der Waals surface area contributed by atoms with E-state index >= 15 is 0 Å². The number of carbonyl (C=O) groups excluding carboxylic acids is 3. The van der Waals surface area contributed by atoms with Gasteiger partial charge < -0.3 is 10.1 Å². The normalized spacial score (nSPS) is 15.0. The van der Waals surface area contributed by atoms with Crippen LogP contribution in [0, 0.1) is 5.82 Å². The zero-order valence-corrected chi connectivity index (χ0v) is 20.8. The number of rotatable bonds is 9. The molecule has 1 unspecified atom stereocenters. The lowest BCUT2D eigenvalue weighted by molar-refractivity contribution is -0.131. The second-order valence-electron chi connectivity index (χ2n) is 8.21. The van der Waals surface area contributed by atoms with Crippen molar-refractivity contribution in [1.29, 1.82) is 0 Å². The van der Waals surface area contributed by atoms with Gasteiger partial charge in [0.25, 0.3) is 11.8 Å². The summed E-state index contributed by atoms with van der Waals surface area (Å²) in [5, 5.41) is 3.92. The van der Waals surface area contributed by atoms with Gasteiger partial charge in [0.15, 0.2) is 5.11 Å². The maximum absolute atomic E-state index is 14.2. The summed E-state index contributed by atoms with van der Waals surface area (Å²) in [6.45, 7) is 2.54. The van der Waals surface area contributed by atoms with Crippen LogP contribution in [0.1, 0.15) is 29.3 Å². The number of hydrogen-bond donors (Lipinski definition) is 2. The van der Waals surface area contributed by atoms with E-state index in [9.17, 15) is 18.8 Å². The van der Waals surface area contributed by atoms with Gasteiger partial charge in [-0.1, -0.05) is 42.5 Å². The summed E-state index contributed by atoms with van der Waals surface area (Å²) in [5.74, 6) is -1.76. The van der Waals surface area contributed by atoms with E-state index in [1.54, 1.807) is 24.3 Å². The van der Waals surface area contributed by atoms with Crippen LogP contribution in [0.5, 0.6) is 5.75 Å². The SMILES string of the molecule is CCOc1ccc(NC(=O)CC2C(=O)N(Cc3ccccc3)C(=S)N2NC(=O)c2ccccc2F)cc1. The van der Waals surface area contributed by atoms with Crippen molar-refractivity contribution in [3.05, 3.63) is 95.8 Å². The van der Waals surface area contributed by atoms with E-state index in [0.717, 1.165) is 16.6 Å². The lowest BCUT2D eigenvalue weighted by Gasteiger charge is -2.24. The van der Waals surface area contributed by atoms with Gasteiger partial charge in [0.05, 0.1) is 25.1 Å². The van der Waals surface area contributed by atoms with Crippen LogP contribution in [0.25, 0.3) is 0 Å². The zero-order valence-electron chi connectivity index (χ0n) is 20.0. The van der Waals surface area contributed by atoms with E-state index in [-0.39, 0.29) is 23.6 Å². The molecule has 1 fully saturated rings. The largest absolute Gasteiger partial charge is 0.494 e. The number of hydrazine groups is 1. The molecular formula is C27H25FN4O4S. The molecule has 3 aromatic carbocycles. The molecule has 0 radical (unpaired) electrons. The Labute approximate surface area is 219 Å². The first-order valence-corrected chi connectivity index (χ1v) is 12.0. The molecule has 0 bridgehead atoms. The van der Waals surface area contributed by atoms with Crippen LogP contribution in [-0.4, -0.2) is 45.4 Å². The number of nitrogens with zero attached hydrogens (tertiary/aromatic N) is 2. The first kappa shape index (κ1) is 25.8. The highest BCUT2D eigenvalue weighted by atomic mass is 32.1. The van der Waals surface area contributed by atoms with Gasteiger partial charge in [-0.05, 0) is 61.1 Å². The number of benzene rings is 3. The maximum atomic E-state index is 14.2. The second-order valence-corrected chi connectivity index (χ2v) is 8.57. The zero-order chi connectivity index (χ0) is 26.4. The van der Waals surface area contributed by atoms with E-state index in [4.69, 9.17) is 17.0 Å². The van der Waals surface area contributed by atoms with Crippen molar-refractivity contribution in [2.45, 2.75) is 25.9 Å². The monoisotopic (exact) mass is 520 g/mol. The molecule has 1 aliphatic heterocycles. The summed E-state index contributed by atoms with van der Waals surface area (Å²) in [7, 11) is 0. The highest BCUT2D eigenvalue weighted by molar-refractivity contribution is 7.80. The first-order chi connectivity index (χ1) is 17.9. The third-order valence-electron chi connectivity index (χ3n) is 5.65. The number of hydrogen-bond acceptors (Lipinski definition) is 5. The molecule has 0 saturated carbocycles. The van der Waals surface area contributed by atoms with E-state index in [1.165, 1.54) is 23.1 Å². The Bertz CT molecular complexity index is 1300. The number of thiocarbonyl (C=S) groups is 1. The molecule has 190 valence electrons. The summed E-state index contributed by atoms with van der Waals surface area (Å²) in [6.07, 6.45) is -0.297. The molecule has 0 aromatic heterocycles. The van der Waals surface area contributed by atoms with Gasteiger partial charge >= 0.3 is 0 Å². The molecule has 37 heavy (non-hydrogen) atoms. The second kappa shape index (κ2) is 11.6. The molecule has 2 N–H and O–H groups in total. The molecule has 3 aromatic rings. The Morgan fingerprint density at radius 2 is 1.68 bits per heavy atom. The molecule has 1 heterocycles. The van der Waals surface area contributed by atoms with Crippen molar-refractivity contribution in [2.24, 2.45) is 0 Å². The number of ether oxygens (including phenoxy) is 1. The average molecular weight is 521 g/mol. The predicted octanol–water partition coefficient (Wildman–Crippen LogP) is 3.90. The highest BCUT2D eigenvalue weighted by Gasteiger charge is 2.44. The van der Waals surface area contributed by atoms with E-state index in [1.807, 2.05) is 37.3 Å². The Balaban J connectivity index is 1.53. The summed E-state index contributed by atoms with van der Waals surface area (Å²) >= 11 is 5.52. The highest BCUT2D eigenvalue weighted by Crippen LogP contribution is 2.23. The fraction of sp³-hybridized carbons (Fsp3) is 0.185. The van der Waals surface area contributed by atoms with Gasteiger partial charge in [-0.15, -0.1) is 0 Å². The van der Waals surface area contributed by atoms with Crippen LogP contribution in [0.15, 0.2) is 78.9 Å². The standard InChI is InChI=1S/C27H25FN4O4S/c1-2-36-20-14-12-19(13-15-20)29-24(33)16-23-26(35)31(17-18-8-4-3-5-9-18)27(37)32(23)30-25(34)21-10-6-7-11-22(21)28/h3-15,23H,2,16-17H2,1H3,(H,29,33)(H,30,34). The minimum absolute atomic E-state index is 0.0115. The average Bonchev–Trinajstić information content (AvgIpc) is 3.10. The summed E-state index contributed by atoms with van der Waals surface area (Å²) in [4.78, 5) is 40.5. The van der Waals surface area contributed by atoms with Gasteiger partial charge in [-0.3, -0.25) is 24.7 Å². The molecule has 1 saturated heterocycles. The molecular weight excluding hydrogens is 495 g/mol. The number of carbonyl (C=O) groups is 3. The van der Waals surface area contributed by atoms with Crippen molar-refractivity contribution in [1.82, 2.24) is 15.3 Å². The first-order valence-electron chi connectivity index (χ1n) is 11.6. The number of anilines is 1. The molecule has 1 aliphatic rings. The topological polar surface area (TPSA) is 91.0 Å². The smallest absolute Gasteiger partial charge is 0.272 e. The van der Waals surface area contributed by atoms with Crippen molar-refractivity contribution >= 4 is 40.7 Å². The summed E-state index contributed by atoms with van der Waals surface area (Å²) < 4.78 is 19.6. The summed E-state index contributed by atoms with van der Waals surface area (Å²) in [5.41, 5.74) is 3.65. The van der Waals surface area contributed by atoms with Gasteiger partial charge in [0.2, 0.25) is 5.91 Å². The number of nitrogens with one attached hydrogen (secondary N) is 2. The molecule has 1 atom stereocenters. The lowest BCUT2D eigenvalue weighted by atomic mass is 10.1. The maximum Gasteiger partial charge on any atom is 0.272 e. The number of halogens is 1. The third kappa shape index (κ3) is 6.10. The molecule has 4 rings (SSSR count). The van der Waals surface area contributed by atoms with Gasteiger partial charge in [0.1, 0.15) is 17.6 Å². The lowest BCUT2D eigenvalue weighted by Crippen LogP contribution is -2.49. The molecule has 3 amide bonds. The van der Waals surface area contributed by atoms with E-state index < -0.39 is 29.6 Å². The van der Waals surface area contributed by atoms with Crippen LogP contribution in [0.2, 0.25) is 0 Å². The molecule has 8 nitrogen and oxygen atoms in total. The van der Waals surface area contributed by atoms with Crippen molar-refractivity contribution in [3.8, 4) is 5.75 Å². The van der Waals surface area contributed by atoms with E-state index in [2.05, 4.69) is 10.7 Å². The van der Waals surface area contributed by atoms with Crippen LogP contribution < -0.4 is 15.5 Å². The van der Waals surface area contributed by atoms with Crippen molar-refractivity contribution in [3.63, 3.8) is 0 Å². The Kier molecular flexibility index (Phi) is 8.09. The minimum Gasteiger partial charge on any atom is -0.494 e. The van der Waals surface area contributed by atoms with Crippen molar-refractivity contribution in [2.75, 3.05) is 11.9 Å². The third-order valence-corrected chi connectivity index (χ3v) is 6.07. The molecule has 0 spiro atoms. The Morgan fingerprint density at radius 3 is 2.35 bits per heavy atom. The van der Waals surface area contributed by atoms with E-state index in [0.29, 0.717) is 18.0 Å². The number of amides is 3. The van der Waals surface area contributed by atoms with Crippen molar-refractivity contribution < 1.29 is 23.5 Å². The van der Waals surface area contributed by atoms with Crippen LogP contribution in [0.3, 0.4) is 0 Å². The van der Waals surface area contributed by atoms with Gasteiger partial charge in [-0.25, -0.2) is 9.40 Å². The fourth-order valence-electron chi connectivity index (χ4n) is 3.87. The predicted molar refractivity (Wildman–Crippen MR) is 140 cm³/mol. The Hall–Kier alpha value is -4.31. The van der Waals surface area contributed by atoms with Crippen LogP contribution >= 0.6 is 12.2 Å². The quantitative estimate of drug-likeness (QED) is 0.416. The van der Waals surface area contributed by atoms with Gasteiger partial charge in [0, 0.05) is 5.69 Å². The van der Waals surface area contributed by atoms with Crippen LogP contribution in [0.4, 0.5) is 10.1 Å². The minimum atomic E-state index is -1.12. The van der Waals surface area contributed by atoms with Crippen LogP contribution in [-0.2, 0) is 16.1 Å². The fourth-order valence-corrected chi connectivity index (χ4v) is 4.20. The molecule has 10 heteroatoms.